The van der Waals surface area contributed by atoms with E-state index >= 15 is 0 Å². The zero-order valence-electron chi connectivity index (χ0n) is 16.8. The number of fused-ring (bicyclic) bond motifs is 1. The van der Waals surface area contributed by atoms with E-state index in [1.165, 1.54) is 12.0 Å². The Morgan fingerprint density at radius 3 is 2.46 bits per heavy atom. The molecule has 0 aliphatic carbocycles. The zero-order valence-corrected chi connectivity index (χ0v) is 16.8. The maximum absolute atomic E-state index is 13.0. The topological polar surface area (TPSA) is 80.1 Å². The lowest BCUT2D eigenvalue weighted by Crippen LogP contribution is -2.38. The Balaban J connectivity index is 2.20. The summed E-state index contributed by atoms with van der Waals surface area (Å²) < 4.78 is 9.96. The number of nitrogens with zero attached hydrogens (tertiary/aromatic N) is 2. The van der Waals surface area contributed by atoms with Crippen molar-refractivity contribution in [2.45, 2.75) is 26.7 Å². The van der Waals surface area contributed by atoms with Crippen molar-refractivity contribution in [3.05, 3.63) is 46.3 Å². The summed E-state index contributed by atoms with van der Waals surface area (Å²) in [5, 5.41) is 0.682. The van der Waals surface area contributed by atoms with E-state index in [0.717, 1.165) is 26.1 Å². The molecule has 1 aromatic carbocycles. The van der Waals surface area contributed by atoms with E-state index in [0.29, 0.717) is 17.5 Å². The number of amides is 1. The van der Waals surface area contributed by atoms with Crippen LogP contribution in [-0.4, -0.2) is 61.5 Å². The van der Waals surface area contributed by atoms with Crippen LogP contribution in [0.5, 0.6) is 0 Å². The second-order valence-electron chi connectivity index (χ2n) is 6.48. The van der Waals surface area contributed by atoms with Gasteiger partial charge in [-0.25, -0.2) is 4.79 Å². The Bertz CT molecular complexity index is 857. The van der Waals surface area contributed by atoms with Crippen LogP contribution in [0.1, 0.15) is 37.0 Å². The first kappa shape index (κ1) is 21.6. The second-order valence-corrected chi connectivity index (χ2v) is 6.48. The molecular weight excluding hydrogens is 360 g/mol. The quantitative estimate of drug-likeness (QED) is 0.460. The van der Waals surface area contributed by atoms with Gasteiger partial charge in [0.2, 0.25) is 0 Å². The van der Waals surface area contributed by atoms with Crippen molar-refractivity contribution in [3.63, 3.8) is 0 Å². The number of carbonyl (C=O) groups is 2. The average molecular weight is 388 g/mol. The number of rotatable bonds is 10. The van der Waals surface area contributed by atoms with Gasteiger partial charge in [-0.15, -0.1) is 0 Å². The molecule has 0 unspecified atom stereocenters. The van der Waals surface area contributed by atoms with Crippen LogP contribution in [0.15, 0.2) is 39.5 Å². The number of ether oxygens (including phenoxy) is 1. The van der Waals surface area contributed by atoms with Crippen LogP contribution in [0.25, 0.3) is 11.0 Å². The molecule has 152 valence electrons. The smallest absolute Gasteiger partial charge is 0.349 e. The molecule has 1 heterocycles. The molecule has 2 aromatic rings. The van der Waals surface area contributed by atoms with Crippen molar-refractivity contribution in [2.24, 2.45) is 0 Å². The third kappa shape index (κ3) is 5.66. The monoisotopic (exact) mass is 388 g/mol. The van der Waals surface area contributed by atoms with Gasteiger partial charge < -0.3 is 19.0 Å². The maximum atomic E-state index is 13.0. The number of esters is 1. The molecule has 7 heteroatoms. The highest BCUT2D eigenvalue weighted by Gasteiger charge is 2.21. The molecule has 0 bridgehead atoms. The van der Waals surface area contributed by atoms with Gasteiger partial charge in [0.05, 0.1) is 13.5 Å². The minimum absolute atomic E-state index is 0.0218. The summed E-state index contributed by atoms with van der Waals surface area (Å²) in [7, 11) is 1.31. The van der Waals surface area contributed by atoms with Crippen molar-refractivity contribution in [2.75, 3.05) is 39.8 Å². The highest BCUT2D eigenvalue weighted by atomic mass is 16.5. The first-order chi connectivity index (χ1) is 13.5. The minimum atomic E-state index is -0.671. The molecule has 0 aliphatic heterocycles. The van der Waals surface area contributed by atoms with Crippen molar-refractivity contribution >= 4 is 22.8 Å². The van der Waals surface area contributed by atoms with E-state index in [1.54, 1.807) is 24.3 Å². The predicted octanol–water partition coefficient (Wildman–Crippen LogP) is 2.53. The molecule has 0 saturated carbocycles. The van der Waals surface area contributed by atoms with Gasteiger partial charge in [0, 0.05) is 18.5 Å². The summed E-state index contributed by atoms with van der Waals surface area (Å²) in [6, 6.07) is 8.61. The van der Waals surface area contributed by atoms with Crippen molar-refractivity contribution in [1.29, 1.82) is 0 Å². The molecule has 2 rings (SSSR count). The highest BCUT2D eigenvalue weighted by Crippen LogP contribution is 2.14. The number of para-hydroxylation sites is 1. The first-order valence-electron chi connectivity index (χ1n) is 9.61. The number of hydrogen-bond acceptors (Lipinski definition) is 6. The Morgan fingerprint density at radius 1 is 1.07 bits per heavy atom. The fourth-order valence-corrected chi connectivity index (χ4v) is 3.05. The zero-order chi connectivity index (χ0) is 20.5. The average Bonchev–Trinajstić information content (AvgIpc) is 2.72. The fraction of sp³-hybridized carbons (Fsp3) is 0.476. The minimum Gasteiger partial charge on any atom is -0.469 e. The SMILES string of the molecule is CCN(CC)CCCN(CCC(=O)OC)C(=O)c1cc2ccccc2oc1=O. The Labute approximate surface area is 164 Å². The van der Waals surface area contributed by atoms with Crippen LogP contribution in [0.3, 0.4) is 0 Å². The normalized spacial score (nSPS) is 11.0. The van der Waals surface area contributed by atoms with Crippen LogP contribution >= 0.6 is 0 Å². The molecule has 7 nitrogen and oxygen atoms in total. The molecule has 0 aliphatic rings. The summed E-state index contributed by atoms with van der Waals surface area (Å²) >= 11 is 0. The van der Waals surface area contributed by atoms with E-state index < -0.39 is 17.5 Å². The third-order valence-corrected chi connectivity index (χ3v) is 4.77. The van der Waals surface area contributed by atoms with Gasteiger partial charge in [0.15, 0.2) is 0 Å². The lowest BCUT2D eigenvalue weighted by molar-refractivity contribution is -0.140. The van der Waals surface area contributed by atoms with Gasteiger partial charge in [-0.05, 0) is 38.2 Å². The lowest BCUT2D eigenvalue weighted by atomic mass is 10.1. The Morgan fingerprint density at radius 2 is 1.79 bits per heavy atom. The van der Waals surface area contributed by atoms with E-state index in [4.69, 9.17) is 4.42 Å². The van der Waals surface area contributed by atoms with E-state index in [-0.39, 0.29) is 18.5 Å². The molecule has 0 atom stereocenters. The Kier molecular flexibility index (Phi) is 8.19. The van der Waals surface area contributed by atoms with Crippen molar-refractivity contribution in [1.82, 2.24) is 9.80 Å². The number of benzene rings is 1. The van der Waals surface area contributed by atoms with Crippen molar-refractivity contribution in [3.8, 4) is 0 Å². The standard InChI is InChI=1S/C21H28N2O5/c1-4-22(5-2)12-8-13-23(14-11-19(24)27-3)20(25)17-15-16-9-6-7-10-18(16)28-21(17)26/h6-7,9-10,15H,4-5,8,11-14H2,1-3H3. The summed E-state index contributed by atoms with van der Waals surface area (Å²) in [6.45, 7) is 7.51. The van der Waals surface area contributed by atoms with Crippen LogP contribution in [-0.2, 0) is 9.53 Å². The summed E-state index contributed by atoms with van der Waals surface area (Å²) in [4.78, 5) is 40.7. The lowest BCUT2D eigenvalue weighted by Gasteiger charge is -2.24. The number of methoxy groups -OCH3 is 1. The van der Waals surface area contributed by atoms with Gasteiger partial charge in [0.25, 0.3) is 5.91 Å². The van der Waals surface area contributed by atoms with Gasteiger partial charge in [-0.1, -0.05) is 32.0 Å². The number of hydrogen-bond donors (Lipinski definition) is 0. The van der Waals surface area contributed by atoms with Crippen molar-refractivity contribution < 1.29 is 18.7 Å². The van der Waals surface area contributed by atoms with Crippen LogP contribution in [0, 0.1) is 0 Å². The summed E-state index contributed by atoms with van der Waals surface area (Å²) in [5.41, 5.74) is -0.256. The molecular formula is C21H28N2O5. The molecule has 0 N–H and O–H groups in total. The highest BCUT2D eigenvalue weighted by molar-refractivity contribution is 5.96. The fourth-order valence-electron chi connectivity index (χ4n) is 3.05. The molecule has 0 radical (unpaired) electrons. The second kappa shape index (κ2) is 10.6. The summed E-state index contributed by atoms with van der Waals surface area (Å²) in [6.07, 6.45) is 0.819. The molecule has 0 fully saturated rings. The van der Waals surface area contributed by atoms with Crippen LogP contribution in [0.2, 0.25) is 0 Å². The molecule has 1 amide bonds. The number of carbonyl (C=O) groups excluding carboxylic acids is 2. The largest absolute Gasteiger partial charge is 0.469 e. The van der Waals surface area contributed by atoms with Gasteiger partial charge >= 0.3 is 11.6 Å². The van der Waals surface area contributed by atoms with Gasteiger partial charge in [0.1, 0.15) is 11.1 Å². The Hall–Kier alpha value is -2.67. The molecule has 1 aromatic heterocycles. The first-order valence-corrected chi connectivity index (χ1v) is 9.61. The summed E-state index contributed by atoms with van der Waals surface area (Å²) in [5.74, 6) is -0.824. The van der Waals surface area contributed by atoms with Gasteiger partial charge in [-0.3, -0.25) is 9.59 Å². The maximum Gasteiger partial charge on any atom is 0.349 e. The van der Waals surface area contributed by atoms with E-state index in [1.807, 2.05) is 6.07 Å². The van der Waals surface area contributed by atoms with E-state index in [2.05, 4.69) is 23.5 Å². The third-order valence-electron chi connectivity index (χ3n) is 4.77. The molecule has 0 spiro atoms. The predicted molar refractivity (Wildman–Crippen MR) is 107 cm³/mol. The van der Waals surface area contributed by atoms with E-state index in [9.17, 15) is 14.4 Å². The molecule has 28 heavy (non-hydrogen) atoms. The van der Waals surface area contributed by atoms with Crippen LogP contribution < -0.4 is 5.63 Å². The van der Waals surface area contributed by atoms with Crippen LogP contribution in [0.4, 0.5) is 0 Å². The molecule has 0 saturated heterocycles. The van der Waals surface area contributed by atoms with Gasteiger partial charge in [-0.2, -0.15) is 0 Å².